The van der Waals surface area contributed by atoms with Crippen LogP contribution in [0.15, 0.2) is 42.5 Å². The average Bonchev–Trinajstić information content (AvgIpc) is 2.31. The molecule has 17 heavy (non-hydrogen) atoms. The Morgan fingerprint density at radius 3 is 2.18 bits per heavy atom. The number of benzene rings is 2. The first-order valence-corrected chi connectivity index (χ1v) is 5.07. The van der Waals surface area contributed by atoms with Gasteiger partial charge in [0, 0.05) is 0 Å². The van der Waals surface area contributed by atoms with Crippen LogP contribution in [0.3, 0.4) is 0 Å². The lowest BCUT2D eigenvalue weighted by molar-refractivity contribution is 0.475. The summed E-state index contributed by atoms with van der Waals surface area (Å²) in [5.74, 6) is -1.57. The molecule has 0 spiro atoms. The van der Waals surface area contributed by atoms with Gasteiger partial charge in [-0.3, -0.25) is 0 Å². The minimum atomic E-state index is -0.872. The molecule has 0 amide bonds. The highest BCUT2D eigenvalue weighted by atomic mass is 19.2. The molecule has 86 valence electrons. The van der Waals surface area contributed by atoms with Crippen molar-refractivity contribution in [3.8, 4) is 5.75 Å². The van der Waals surface area contributed by atoms with E-state index in [9.17, 15) is 13.9 Å². The number of halogens is 2. The molecule has 0 aliphatic rings. The summed E-state index contributed by atoms with van der Waals surface area (Å²) >= 11 is 0. The quantitative estimate of drug-likeness (QED) is 0.780. The molecule has 1 N–H and O–H groups in total. The second kappa shape index (κ2) is 4.78. The second-order valence-electron chi connectivity index (χ2n) is 3.60. The smallest absolute Gasteiger partial charge is 0.159 e. The van der Waals surface area contributed by atoms with E-state index in [1.165, 1.54) is 6.07 Å². The Morgan fingerprint density at radius 1 is 0.824 bits per heavy atom. The van der Waals surface area contributed by atoms with Gasteiger partial charge in [0.25, 0.3) is 0 Å². The van der Waals surface area contributed by atoms with Gasteiger partial charge in [0.1, 0.15) is 5.75 Å². The van der Waals surface area contributed by atoms with E-state index in [1.54, 1.807) is 36.4 Å². The number of rotatable bonds is 2. The molecule has 0 saturated carbocycles. The fourth-order valence-electron chi connectivity index (χ4n) is 1.44. The number of phenols is 1. The van der Waals surface area contributed by atoms with Crippen LogP contribution in [-0.2, 0) is 0 Å². The molecule has 1 nitrogen and oxygen atoms in total. The maximum atomic E-state index is 12.9. The van der Waals surface area contributed by atoms with Gasteiger partial charge in [0.15, 0.2) is 11.6 Å². The van der Waals surface area contributed by atoms with E-state index in [-0.39, 0.29) is 5.75 Å². The molecule has 0 fully saturated rings. The number of aromatic hydroxyl groups is 1. The summed E-state index contributed by atoms with van der Waals surface area (Å²) in [4.78, 5) is 0. The molecule has 0 aromatic heterocycles. The van der Waals surface area contributed by atoms with E-state index in [0.717, 1.165) is 17.7 Å². The van der Waals surface area contributed by atoms with Crippen molar-refractivity contribution >= 4 is 12.2 Å². The predicted octanol–water partition coefficient (Wildman–Crippen LogP) is 3.84. The highest BCUT2D eigenvalue weighted by Gasteiger charge is 1.99. The minimum Gasteiger partial charge on any atom is -0.508 e. The van der Waals surface area contributed by atoms with Gasteiger partial charge >= 0.3 is 0 Å². The third-order valence-corrected chi connectivity index (χ3v) is 2.28. The maximum absolute atomic E-state index is 12.9. The Hall–Kier alpha value is -2.16. The summed E-state index contributed by atoms with van der Waals surface area (Å²) in [6.07, 6.45) is 3.36. The van der Waals surface area contributed by atoms with Gasteiger partial charge in [-0.1, -0.05) is 30.4 Å². The zero-order valence-corrected chi connectivity index (χ0v) is 8.90. The molecule has 0 bridgehead atoms. The molecule has 3 heteroatoms. The topological polar surface area (TPSA) is 20.2 Å². The number of hydrogen-bond acceptors (Lipinski definition) is 1. The van der Waals surface area contributed by atoms with Crippen molar-refractivity contribution in [3.63, 3.8) is 0 Å². The van der Waals surface area contributed by atoms with Crippen LogP contribution in [0, 0.1) is 11.6 Å². The normalized spacial score (nSPS) is 10.9. The Balaban J connectivity index is 2.23. The zero-order chi connectivity index (χ0) is 12.3. The van der Waals surface area contributed by atoms with Gasteiger partial charge in [-0.05, 0) is 35.4 Å². The summed E-state index contributed by atoms with van der Waals surface area (Å²) in [5, 5.41) is 9.25. The van der Waals surface area contributed by atoms with Crippen LogP contribution in [-0.4, -0.2) is 5.11 Å². The molecule has 0 unspecified atom stereocenters. The van der Waals surface area contributed by atoms with E-state index in [0.29, 0.717) is 5.56 Å². The van der Waals surface area contributed by atoms with Crippen molar-refractivity contribution in [2.24, 2.45) is 0 Å². The fraction of sp³-hybridized carbons (Fsp3) is 0. The van der Waals surface area contributed by atoms with Gasteiger partial charge < -0.3 is 5.11 Å². The van der Waals surface area contributed by atoms with Crippen LogP contribution in [0.25, 0.3) is 12.2 Å². The standard InChI is InChI=1S/C14H10F2O/c15-13-7-6-11(9-14(13)16)5-4-10-2-1-3-12(17)8-10/h1-9,17H/b5-4+. The molecular formula is C14H10F2O. The Kier molecular flexibility index (Phi) is 3.19. The van der Waals surface area contributed by atoms with Crippen LogP contribution < -0.4 is 0 Å². The molecule has 2 rings (SSSR count). The van der Waals surface area contributed by atoms with Crippen molar-refractivity contribution in [3.05, 3.63) is 65.2 Å². The lowest BCUT2D eigenvalue weighted by atomic mass is 10.1. The average molecular weight is 232 g/mol. The molecule has 2 aromatic rings. The van der Waals surface area contributed by atoms with Crippen molar-refractivity contribution in [1.82, 2.24) is 0 Å². The molecule has 2 aromatic carbocycles. The van der Waals surface area contributed by atoms with Crippen LogP contribution in [0.5, 0.6) is 5.75 Å². The zero-order valence-electron chi connectivity index (χ0n) is 8.90. The lowest BCUT2D eigenvalue weighted by Crippen LogP contribution is -1.83. The van der Waals surface area contributed by atoms with Crippen LogP contribution in [0.2, 0.25) is 0 Å². The van der Waals surface area contributed by atoms with Crippen molar-refractivity contribution < 1.29 is 13.9 Å². The third kappa shape index (κ3) is 2.91. The highest BCUT2D eigenvalue weighted by Crippen LogP contribution is 2.15. The summed E-state index contributed by atoms with van der Waals surface area (Å²) in [7, 11) is 0. The third-order valence-electron chi connectivity index (χ3n) is 2.28. The molecule has 0 heterocycles. The van der Waals surface area contributed by atoms with E-state index in [4.69, 9.17) is 0 Å². The Morgan fingerprint density at radius 2 is 1.53 bits per heavy atom. The van der Waals surface area contributed by atoms with Crippen LogP contribution >= 0.6 is 0 Å². The Bertz CT molecular complexity index is 562. The van der Waals surface area contributed by atoms with Gasteiger partial charge in [-0.25, -0.2) is 8.78 Å². The van der Waals surface area contributed by atoms with Gasteiger partial charge in [-0.15, -0.1) is 0 Å². The second-order valence-corrected chi connectivity index (χ2v) is 3.60. The molecule has 0 atom stereocenters. The molecule has 0 radical (unpaired) electrons. The maximum Gasteiger partial charge on any atom is 0.159 e. The first-order chi connectivity index (χ1) is 8.15. The predicted molar refractivity (Wildman–Crippen MR) is 63.4 cm³/mol. The number of phenolic OH excluding ortho intramolecular Hbond substituents is 1. The first kappa shape index (κ1) is 11.3. The van der Waals surface area contributed by atoms with Gasteiger partial charge in [-0.2, -0.15) is 0 Å². The summed E-state index contributed by atoms with van der Waals surface area (Å²) in [6.45, 7) is 0. The van der Waals surface area contributed by atoms with Gasteiger partial charge in [0.2, 0.25) is 0 Å². The highest BCUT2D eigenvalue weighted by molar-refractivity contribution is 5.70. The molecule has 0 aliphatic carbocycles. The van der Waals surface area contributed by atoms with Crippen molar-refractivity contribution in [1.29, 1.82) is 0 Å². The Labute approximate surface area is 97.7 Å². The van der Waals surface area contributed by atoms with Crippen LogP contribution in [0.4, 0.5) is 8.78 Å². The SMILES string of the molecule is Oc1cccc(/C=C/c2ccc(F)c(F)c2)c1. The van der Waals surface area contributed by atoms with E-state index >= 15 is 0 Å². The fourth-order valence-corrected chi connectivity index (χ4v) is 1.44. The monoisotopic (exact) mass is 232 g/mol. The lowest BCUT2D eigenvalue weighted by Gasteiger charge is -1.97. The summed E-state index contributed by atoms with van der Waals surface area (Å²) in [6, 6.07) is 10.3. The number of hydrogen-bond donors (Lipinski definition) is 1. The van der Waals surface area contributed by atoms with Crippen molar-refractivity contribution in [2.45, 2.75) is 0 Å². The molecule has 0 saturated heterocycles. The van der Waals surface area contributed by atoms with Gasteiger partial charge in [0.05, 0.1) is 0 Å². The molecular weight excluding hydrogens is 222 g/mol. The summed E-state index contributed by atoms with van der Waals surface area (Å²) < 4.78 is 25.6. The molecule has 0 aliphatic heterocycles. The minimum absolute atomic E-state index is 0.164. The first-order valence-electron chi connectivity index (χ1n) is 5.07. The van der Waals surface area contributed by atoms with E-state index in [2.05, 4.69) is 0 Å². The van der Waals surface area contributed by atoms with E-state index in [1.807, 2.05) is 0 Å². The van der Waals surface area contributed by atoms with Crippen molar-refractivity contribution in [2.75, 3.05) is 0 Å². The van der Waals surface area contributed by atoms with Crippen LogP contribution in [0.1, 0.15) is 11.1 Å². The largest absolute Gasteiger partial charge is 0.508 e. The van der Waals surface area contributed by atoms with E-state index < -0.39 is 11.6 Å². The summed E-state index contributed by atoms with van der Waals surface area (Å²) in [5.41, 5.74) is 1.35.